The molecule has 0 unspecified atom stereocenters. The standard InChI is InChI=1S/C21H22FN3O2/c22-17-6-7-19-18(13-17)23-21(27)25(19)14-20(26)24-10-8-16(9-11-24)12-15-4-2-1-3-5-15/h1-7,13,16H,8-12,14H2,(H,23,27). The van der Waals surface area contributed by atoms with Crippen molar-refractivity contribution in [3.05, 3.63) is 70.4 Å². The Kier molecular flexibility index (Phi) is 4.79. The van der Waals surface area contributed by atoms with Crippen LogP contribution in [0.2, 0.25) is 0 Å². The molecule has 5 nitrogen and oxygen atoms in total. The van der Waals surface area contributed by atoms with Crippen molar-refractivity contribution in [3.63, 3.8) is 0 Å². The molecule has 1 fully saturated rings. The lowest BCUT2D eigenvalue weighted by molar-refractivity contribution is -0.133. The van der Waals surface area contributed by atoms with Crippen molar-refractivity contribution in [2.75, 3.05) is 13.1 Å². The lowest BCUT2D eigenvalue weighted by atomic mass is 9.90. The number of aromatic nitrogens is 2. The van der Waals surface area contributed by atoms with Gasteiger partial charge < -0.3 is 9.88 Å². The van der Waals surface area contributed by atoms with E-state index in [1.165, 1.54) is 28.3 Å². The maximum absolute atomic E-state index is 13.3. The Morgan fingerprint density at radius 2 is 1.85 bits per heavy atom. The van der Waals surface area contributed by atoms with Crippen molar-refractivity contribution in [2.24, 2.45) is 5.92 Å². The van der Waals surface area contributed by atoms with E-state index >= 15 is 0 Å². The fraction of sp³-hybridized carbons (Fsp3) is 0.333. The number of likely N-dealkylation sites (tertiary alicyclic amines) is 1. The summed E-state index contributed by atoms with van der Waals surface area (Å²) in [6.07, 6.45) is 2.97. The van der Waals surface area contributed by atoms with E-state index in [-0.39, 0.29) is 18.1 Å². The average molecular weight is 367 g/mol. The maximum Gasteiger partial charge on any atom is 0.326 e. The van der Waals surface area contributed by atoms with Crippen LogP contribution in [0.1, 0.15) is 18.4 Å². The molecule has 1 amide bonds. The molecule has 3 aromatic rings. The normalized spacial score (nSPS) is 15.4. The highest BCUT2D eigenvalue weighted by Crippen LogP contribution is 2.22. The van der Waals surface area contributed by atoms with Crippen LogP contribution >= 0.6 is 0 Å². The van der Waals surface area contributed by atoms with Gasteiger partial charge in [0.05, 0.1) is 11.0 Å². The molecular weight excluding hydrogens is 345 g/mol. The number of halogens is 1. The molecule has 1 saturated heterocycles. The molecule has 27 heavy (non-hydrogen) atoms. The van der Waals surface area contributed by atoms with Crippen LogP contribution in [0.15, 0.2) is 53.3 Å². The van der Waals surface area contributed by atoms with Crippen molar-refractivity contribution >= 4 is 16.9 Å². The quantitative estimate of drug-likeness (QED) is 0.771. The highest BCUT2D eigenvalue weighted by atomic mass is 19.1. The smallest absolute Gasteiger partial charge is 0.326 e. The third-order valence-electron chi connectivity index (χ3n) is 5.36. The number of hydrogen-bond acceptors (Lipinski definition) is 2. The number of rotatable bonds is 4. The number of imidazole rings is 1. The Hall–Kier alpha value is -2.89. The van der Waals surface area contributed by atoms with E-state index in [1.807, 2.05) is 11.0 Å². The summed E-state index contributed by atoms with van der Waals surface area (Å²) in [5.74, 6) is 0.0958. The molecule has 140 valence electrons. The van der Waals surface area contributed by atoms with E-state index in [4.69, 9.17) is 0 Å². The van der Waals surface area contributed by atoms with E-state index in [0.29, 0.717) is 30.0 Å². The van der Waals surface area contributed by atoms with Crippen LogP contribution in [0.25, 0.3) is 11.0 Å². The summed E-state index contributed by atoms with van der Waals surface area (Å²) in [7, 11) is 0. The number of nitrogens with zero attached hydrogens (tertiary/aromatic N) is 2. The van der Waals surface area contributed by atoms with Crippen LogP contribution in [-0.4, -0.2) is 33.4 Å². The van der Waals surface area contributed by atoms with Gasteiger partial charge in [0.15, 0.2) is 0 Å². The first-order valence-electron chi connectivity index (χ1n) is 9.30. The van der Waals surface area contributed by atoms with Gasteiger partial charge in [-0.25, -0.2) is 9.18 Å². The summed E-state index contributed by atoms with van der Waals surface area (Å²) in [6, 6.07) is 14.5. The summed E-state index contributed by atoms with van der Waals surface area (Å²) >= 11 is 0. The number of H-pyrrole nitrogens is 1. The molecule has 2 aromatic carbocycles. The second-order valence-electron chi connectivity index (χ2n) is 7.19. The third-order valence-corrected chi connectivity index (χ3v) is 5.36. The molecule has 1 aliphatic heterocycles. The van der Waals surface area contributed by atoms with Crippen LogP contribution in [0.5, 0.6) is 0 Å². The second kappa shape index (κ2) is 7.39. The lowest BCUT2D eigenvalue weighted by Crippen LogP contribution is -2.41. The summed E-state index contributed by atoms with van der Waals surface area (Å²) in [5.41, 5.74) is 1.91. The molecule has 0 atom stereocenters. The number of fused-ring (bicyclic) bond motifs is 1. The average Bonchev–Trinajstić information content (AvgIpc) is 2.97. The maximum atomic E-state index is 13.3. The molecule has 0 bridgehead atoms. The van der Waals surface area contributed by atoms with Gasteiger partial charge in [-0.2, -0.15) is 0 Å². The monoisotopic (exact) mass is 367 g/mol. The molecule has 0 radical (unpaired) electrons. The van der Waals surface area contributed by atoms with Gasteiger partial charge >= 0.3 is 5.69 Å². The molecule has 6 heteroatoms. The molecule has 1 N–H and O–H groups in total. The Morgan fingerprint density at radius 1 is 1.11 bits per heavy atom. The molecule has 0 saturated carbocycles. The van der Waals surface area contributed by atoms with Crippen LogP contribution < -0.4 is 5.69 Å². The summed E-state index contributed by atoms with van der Waals surface area (Å²) in [5, 5.41) is 0. The number of piperidine rings is 1. The van der Waals surface area contributed by atoms with E-state index in [0.717, 1.165) is 19.3 Å². The highest BCUT2D eigenvalue weighted by Gasteiger charge is 2.24. The summed E-state index contributed by atoms with van der Waals surface area (Å²) < 4.78 is 14.7. The van der Waals surface area contributed by atoms with Gasteiger partial charge in [0, 0.05) is 13.1 Å². The van der Waals surface area contributed by atoms with Gasteiger partial charge in [-0.3, -0.25) is 9.36 Å². The van der Waals surface area contributed by atoms with Crippen LogP contribution in [0, 0.1) is 11.7 Å². The first kappa shape index (κ1) is 17.5. The fourth-order valence-electron chi connectivity index (χ4n) is 3.86. The molecule has 0 spiro atoms. The van der Waals surface area contributed by atoms with Crippen molar-refractivity contribution in [1.82, 2.24) is 14.5 Å². The number of hydrogen-bond donors (Lipinski definition) is 1. The number of aromatic amines is 1. The molecule has 1 aliphatic rings. The summed E-state index contributed by atoms with van der Waals surface area (Å²) in [6.45, 7) is 1.40. The van der Waals surface area contributed by atoms with Gasteiger partial charge in [0.25, 0.3) is 0 Å². The van der Waals surface area contributed by atoms with Crippen molar-refractivity contribution in [3.8, 4) is 0 Å². The van der Waals surface area contributed by atoms with Crippen LogP contribution in [0.4, 0.5) is 4.39 Å². The molecule has 4 rings (SSSR count). The van der Waals surface area contributed by atoms with E-state index in [2.05, 4.69) is 29.2 Å². The molecular formula is C21H22FN3O2. The number of nitrogens with one attached hydrogen (secondary N) is 1. The third kappa shape index (κ3) is 3.79. The summed E-state index contributed by atoms with van der Waals surface area (Å²) in [4.78, 5) is 29.2. The zero-order valence-electron chi connectivity index (χ0n) is 15.0. The predicted octanol–water partition coefficient (Wildman–Crippen LogP) is 2.95. The minimum absolute atomic E-state index is 0.0200. The van der Waals surface area contributed by atoms with Crippen molar-refractivity contribution in [2.45, 2.75) is 25.8 Å². The van der Waals surface area contributed by atoms with Crippen LogP contribution in [0.3, 0.4) is 0 Å². The van der Waals surface area contributed by atoms with E-state index < -0.39 is 5.82 Å². The second-order valence-corrected chi connectivity index (χ2v) is 7.19. The van der Waals surface area contributed by atoms with Crippen molar-refractivity contribution in [1.29, 1.82) is 0 Å². The fourth-order valence-corrected chi connectivity index (χ4v) is 3.86. The highest BCUT2D eigenvalue weighted by molar-refractivity contribution is 5.80. The van der Waals surface area contributed by atoms with Gasteiger partial charge in [0.2, 0.25) is 5.91 Å². The lowest BCUT2D eigenvalue weighted by Gasteiger charge is -2.32. The first-order chi connectivity index (χ1) is 13.1. The number of carbonyl (C=O) groups is 1. The zero-order chi connectivity index (χ0) is 18.8. The van der Waals surface area contributed by atoms with Gasteiger partial charge in [-0.05, 0) is 48.9 Å². The minimum atomic E-state index is -0.414. The molecule has 0 aliphatic carbocycles. The topological polar surface area (TPSA) is 58.1 Å². The number of amides is 1. The zero-order valence-corrected chi connectivity index (χ0v) is 15.0. The van der Waals surface area contributed by atoms with E-state index in [9.17, 15) is 14.0 Å². The number of benzene rings is 2. The minimum Gasteiger partial charge on any atom is -0.341 e. The van der Waals surface area contributed by atoms with Gasteiger partial charge in [-0.1, -0.05) is 30.3 Å². The Bertz CT molecular complexity index is 1000. The van der Waals surface area contributed by atoms with Gasteiger partial charge in [-0.15, -0.1) is 0 Å². The first-order valence-corrected chi connectivity index (χ1v) is 9.30. The molecule has 1 aromatic heterocycles. The van der Waals surface area contributed by atoms with E-state index in [1.54, 1.807) is 0 Å². The Labute approximate surface area is 156 Å². The van der Waals surface area contributed by atoms with Gasteiger partial charge in [0.1, 0.15) is 12.4 Å². The van der Waals surface area contributed by atoms with Crippen molar-refractivity contribution < 1.29 is 9.18 Å². The van der Waals surface area contributed by atoms with Crippen LogP contribution in [-0.2, 0) is 17.8 Å². The Morgan fingerprint density at radius 3 is 2.59 bits per heavy atom. The largest absolute Gasteiger partial charge is 0.341 e. The Balaban J connectivity index is 1.39. The predicted molar refractivity (Wildman–Crippen MR) is 102 cm³/mol. The number of carbonyl (C=O) groups excluding carboxylic acids is 1. The SMILES string of the molecule is O=C(Cn1c(=O)[nH]c2cc(F)ccc21)N1CCC(Cc2ccccc2)CC1. The molecule has 2 heterocycles.